The van der Waals surface area contributed by atoms with Crippen LogP contribution in [-0.2, 0) is 9.47 Å². The van der Waals surface area contributed by atoms with Crippen LogP contribution in [0.2, 0.25) is 0 Å². The van der Waals surface area contributed by atoms with E-state index in [9.17, 15) is 4.39 Å². The average Bonchev–Trinajstić information content (AvgIpc) is 3.20. The van der Waals surface area contributed by atoms with Crippen molar-refractivity contribution in [2.45, 2.75) is 51.4 Å². The lowest BCUT2D eigenvalue weighted by Gasteiger charge is -2.22. The van der Waals surface area contributed by atoms with Crippen LogP contribution in [0.3, 0.4) is 0 Å². The Morgan fingerprint density at radius 2 is 2.05 bits per heavy atom. The lowest BCUT2D eigenvalue weighted by Crippen LogP contribution is -2.27. The maximum atomic E-state index is 13.4. The number of halogens is 1. The Morgan fingerprint density at radius 3 is 2.67 bits per heavy atom. The Hall–Kier alpha value is -0.970. The number of hydrogen-bond donors (Lipinski definition) is 1. The van der Waals surface area contributed by atoms with Gasteiger partial charge >= 0.3 is 0 Å². The number of benzene rings is 1. The van der Waals surface area contributed by atoms with Crippen LogP contribution in [0, 0.1) is 5.82 Å². The molecule has 4 heteroatoms. The van der Waals surface area contributed by atoms with E-state index in [4.69, 9.17) is 9.47 Å². The first-order valence-electron chi connectivity index (χ1n) is 7.68. The molecule has 1 aliphatic carbocycles. The smallest absolute Gasteiger partial charge is 0.123 e. The molecule has 0 radical (unpaired) electrons. The highest BCUT2D eigenvalue weighted by atomic mass is 19.1. The molecule has 0 amide bonds. The van der Waals surface area contributed by atoms with E-state index in [1.165, 1.54) is 18.9 Å². The standard InChI is InChI=1S/C17H26FNO2/c1-17(2,3)21-10-9-20-16(12-19-15-7-8-15)13-5-4-6-14(18)11-13/h4-6,11,15-16,19H,7-10,12H2,1-3H3. The maximum absolute atomic E-state index is 13.4. The predicted octanol–water partition coefficient (Wildman–Crippen LogP) is 3.45. The Bertz CT molecular complexity index is 441. The van der Waals surface area contributed by atoms with E-state index in [1.54, 1.807) is 12.1 Å². The highest BCUT2D eigenvalue weighted by Gasteiger charge is 2.23. The predicted molar refractivity (Wildman–Crippen MR) is 81.8 cm³/mol. The van der Waals surface area contributed by atoms with Crippen molar-refractivity contribution in [1.82, 2.24) is 5.32 Å². The van der Waals surface area contributed by atoms with Crippen LogP contribution in [0.5, 0.6) is 0 Å². The molecule has 1 aromatic rings. The van der Waals surface area contributed by atoms with E-state index in [0.29, 0.717) is 25.8 Å². The molecule has 1 aromatic carbocycles. The molecule has 3 nitrogen and oxygen atoms in total. The molecule has 118 valence electrons. The minimum absolute atomic E-state index is 0.134. The quantitative estimate of drug-likeness (QED) is 0.745. The van der Waals surface area contributed by atoms with Gasteiger partial charge in [0.1, 0.15) is 5.82 Å². The van der Waals surface area contributed by atoms with Gasteiger partial charge < -0.3 is 14.8 Å². The number of nitrogens with one attached hydrogen (secondary N) is 1. The van der Waals surface area contributed by atoms with Crippen LogP contribution in [-0.4, -0.2) is 31.4 Å². The van der Waals surface area contributed by atoms with Gasteiger partial charge in [0.15, 0.2) is 0 Å². The molecule has 1 unspecified atom stereocenters. The van der Waals surface area contributed by atoms with Gasteiger partial charge in [-0.15, -0.1) is 0 Å². The van der Waals surface area contributed by atoms with Crippen molar-refractivity contribution in [2.75, 3.05) is 19.8 Å². The summed E-state index contributed by atoms with van der Waals surface area (Å²) in [6.07, 6.45) is 2.32. The minimum atomic E-state index is -0.224. The second-order valence-electron chi connectivity index (χ2n) is 6.56. The normalized spacial score (nSPS) is 17.0. The summed E-state index contributed by atoms with van der Waals surface area (Å²) < 4.78 is 24.9. The number of rotatable bonds is 8. The highest BCUT2D eigenvalue weighted by molar-refractivity contribution is 5.19. The zero-order chi connectivity index (χ0) is 15.3. The molecule has 0 heterocycles. The second kappa shape index (κ2) is 7.34. The number of ether oxygens (including phenoxy) is 2. The minimum Gasteiger partial charge on any atom is -0.373 e. The first-order chi connectivity index (χ1) is 9.94. The van der Waals surface area contributed by atoms with Gasteiger partial charge in [0.05, 0.1) is 24.9 Å². The lowest BCUT2D eigenvalue weighted by molar-refractivity contribution is -0.0519. The second-order valence-corrected chi connectivity index (χ2v) is 6.56. The Labute approximate surface area is 126 Å². The van der Waals surface area contributed by atoms with Crippen LogP contribution in [0.25, 0.3) is 0 Å². The van der Waals surface area contributed by atoms with Gasteiger partial charge in [0, 0.05) is 12.6 Å². The van der Waals surface area contributed by atoms with Gasteiger partial charge in [0.2, 0.25) is 0 Å². The summed E-state index contributed by atoms with van der Waals surface area (Å²) in [7, 11) is 0. The van der Waals surface area contributed by atoms with Gasteiger partial charge in [-0.1, -0.05) is 12.1 Å². The van der Waals surface area contributed by atoms with Gasteiger partial charge in [-0.05, 0) is 51.3 Å². The summed E-state index contributed by atoms with van der Waals surface area (Å²) in [5.41, 5.74) is 0.711. The van der Waals surface area contributed by atoms with E-state index >= 15 is 0 Å². The summed E-state index contributed by atoms with van der Waals surface area (Å²) in [5, 5.41) is 3.44. The van der Waals surface area contributed by atoms with Crippen LogP contribution in [0.4, 0.5) is 4.39 Å². The van der Waals surface area contributed by atoms with Crippen molar-refractivity contribution in [3.63, 3.8) is 0 Å². The van der Waals surface area contributed by atoms with Crippen LogP contribution >= 0.6 is 0 Å². The third-order valence-corrected chi connectivity index (χ3v) is 3.33. The molecule has 1 N–H and O–H groups in total. The van der Waals surface area contributed by atoms with E-state index in [2.05, 4.69) is 5.32 Å². The Morgan fingerprint density at radius 1 is 1.29 bits per heavy atom. The molecular formula is C17H26FNO2. The summed E-state index contributed by atoms with van der Waals surface area (Å²) in [5.74, 6) is -0.224. The average molecular weight is 295 g/mol. The third kappa shape index (κ3) is 6.55. The molecule has 1 fully saturated rings. The van der Waals surface area contributed by atoms with Crippen molar-refractivity contribution < 1.29 is 13.9 Å². The molecule has 0 bridgehead atoms. The first kappa shape index (κ1) is 16.4. The molecule has 0 spiro atoms. The molecular weight excluding hydrogens is 269 g/mol. The van der Waals surface area contributed by atoms with Crippen LogP contribution in [0.15, 0.2) is 24.3 Å². The fourth-order valence-electron chi connectivity index (χ4n) is 2.08. The molecule has 0 aliphatic heterocycles. The SMILES string of the molecule is CC(C)(C)OCCOC(CNC1CC1)c1cccc(F)c1. The summed E-state index contributed by atoms with van der Waals surface area (Å²) in [4.78, 5) is 0. The van der Waals surface area contributed by atoms with Crippen molar-refractivity contribution >= 4 is 0 Å². The topological polar surface area (TPSA) is 30.5 Å². The Kier molecular flexibility index (Phi) is 5.73. The summed E-state index contributed by atoms with van der Waals surface area (Å²) in [6.45, 7) is 7.82. The van der Waals surface area contributed by atoms with Crippen molar-refractivity contribution in [3.8, 4) is 0 Å². The van der Waals surface area contributed by atoms with Gasteiger partial charge in [-0.25, -0.2) is 4.39 Å². The summed E-state index contributed by atoms with van der Waals surface area (Å²) in [6, 6.07) is 7.24. The largest absolute Gasteiger partial charge is 0.373 e. The van der Waals surface area contributed by atoms with Gasteiger partial charge in [0.25, 0.3) is 0 Å². The zero-order valence-electron chi connectivity index (χ0n) is 13.2. The molecule has 0 aromatic heterocycles. The van der Waals surface area contributed by atoms with Crippen molar-refractivity contribution in [3.05, 3.63) is 35.6 Å². The molecule has 1 atom stereocenters. The lowest BCUT2D eigenvalue weighted by atomic mass is 10.1. The highest BCUT2D eigenvalue weighted by Crippen LogP contribution is 2.22. The zero-order valence-corrected chi connectivity index (χ0v) is 13.2. The first-order valence-corrected chi connectivity index (χ1v) is 7.68. The van der Waals surface area contributed by atoms with Crippen LogP contribution < -0.4 is 5.32 Å². The molecule has 0 saturated heterocycles. The fraction of sp³-hybridized carbons (Fsp3) is 0.647. The summed E-state index contributed by atoms with van der Waals surface area (Å²) >= 11 is 0. The van der Waals surface area contributed by atoms with Crippen molar-refractivity contribution in [2.24, 2.45) is 0 Å². The molecule has 1 aliphatic rings. The van der Waals surface area contributed by atoms with E-state index in [1.807, 2.05) is 26.8 Å². The monoisotopic (exact) mass is 295 g/mol. The van der Waals surface area contributed by atoms with E-state index < -0.39 is 0 Å². The molecule has 1 saturated carbocycles. The molecule has 21 heavy (non-hydrogen) atoms. The third-order valence-electron chi connectivity index (χ3n) is 3.33. The van der Waals surface area contributed by atoms with Crippen LogP contribution in [0.1, 0.15) is 45.3 Å². The van der Waals surface area contributed by atoms with Gasteiger partial charge in [-0.2, -0.15) is 0 Å². The maximum Gasteiger partial charge on any atom is 0.123 e. The Balaban J connectivity index is 1.85. The fourth-order valence-corrected chi connectivity index (χ4v) is 2.08. The van der Waals surface area contributed by atoms with E-state index in [-0.39, 0.29) is 17.5 Å². The number of hydrogen-bond acceptors (Lipinski definition) is 3. The molecule has 2 rings (SSSR count). The van der Waals surface area contributed by atoms with Gasteiger partial charge in [-0.3, -0.25) is 0 Å². The van der Waals surface area contributed by atoms with E-state index in [0.717, 1.165) is 5.56 Å². The van der Waals surface area contributed by atoms with Crippen molar-refractivity contribution in [1.29, 1.82) is 0 Å².